The topological polar surface area (TPSA) is 14.2 Å². The van der Waals surface area contributed by atoms with E-state index in [2.05, 4.69) is 78.4 Å². The van der Waals surface area contributed by atoms with Gasteiger partial charge in [0.05, 0.1) is 7.11 Å². The summed E-state index contributed by atoms with van der Waals surface area (Å²) in [4.78, 5) is 0. The molecule has 0 fully saturated rings. The van der Waals surface area contributed by atoms with Crippen LogP contribution in [0.2, 0.25) is 0 Å². The molecule has 0 amide bonds. The Morgan fingerprint density at radius 2 is 1.59 bits per heavy atom. The van der Waals surface area contributed by atoms with E-state index in [4.69, 9.17) is 4.74 Å². The first-order valence-electron chi connectivity index (χ1n) is 9.27. The molecule has 4 aromatic rings. The third kappa shape index (κ3) is 2.48. The number of nitrogens with zero attached hydrogens (tertiary/aromatic N) is 1. The first kappa shape index (κ1) is 16.0. The molecule has 1 aromatic heterocycles. The van der Waals surface area contributed by atoms with Gasteiger partial charge in [-0.05, 0) is 52.1 Å². The molecule has 5 rings (SSSR count). The van der Waals surface area contributed by atoms with Gasteiger partial charge in [0.2, 0.25) is 0 Å². The summed E-state index contributed by atoms with van der Waals surface area (Å²) in [6, 6.07) is 25.8. The minimum atomic E-state index is 0.881. The van der Waals surface area contributed by atoms with Gasteiger partial charge in [0.15, 0.2) is 0 Å². The number of para-hydroxylation sites is 1. The number of methoxy groups -OCH3 is 1. The average molecular weight is 351 g/mol. The van der Waals surface area contributed by atoms with E-state index >= 15 is 0 Å². The van der Waals surface area contributed by atoms with Gasteiger partial charge in [-0.25, -0.2) is 0 Å². The van der Waals surface area contributed by atoms with E-state index in [0.29, 0.717) is 0 Å². The molecular weight excluding hydrogens is 330 g/mol. The van der Waals surface area contributed by atoms with Gasteiger partial charge in [-0.1, -0.05) is 54.6 Å². The second-order valence-electron chi connectivity index (χ2n) is 7.06. The molecule has 0 bridgehead atoms. The predicted molar refractivity (Wildman–Crippen MR) is 112 cm³/mol. The van der Waals surface area contributed by atoms with Crippen molar-refractivity contribution in [1.29, 1.82) is 0 Å². The van der Waals surface area contributed by atoms with Crippen LogP contribution in [0.25, 0.3) is 22.6 Å². The van der Waals surface area contributed by atoms with E-state index in [1.807, 2.05) is 12.1 Å². The van der Waals surface area contributed by atoms with Crippen LogP contribution < -0.4 is 4.74 Å². The highest BCUT2D eigenvalue weighted by Gasteiger charge is 2.21. The van der Waals surface area contributed by atoms with E-state index in [9.17, 15) is 0 Å². The van der Waals surface area contributed by atoms with Crippen molar-refractivity contribution in [1.82, 2.24) is 4.57 Å². The number of hydrogen-bond donors (Lipinski definition) is 0. The van der Waals surface area contributed by atoms with Crippen LogP contribution in [0.1, 0.15) is 27.9 Å². The van der Waals surface area contributed by atoms with Crippen LogP contribution in [0.4, 0.5) is 0 Å². The van der Waals surface area contributed by atoms with Gasteiger partial charge in [-0.3, -0.25) is 0 Å². The molecule has 2 heteroatoms. The summed E-state index contributed by atoms with van der Waals surface area (Å²) >= 11 is 0. The molecule has 2 nitrogen and oxygen atoms in total. The summed E-state index contributed by atoms with van der Waals surface area (Å²) in [6.07, 6.45) is 3.30. The van der Waals surface area contributed by atoms with Crippen molar-refractivity contribution >= 4 is 22.6 Å². The third-order valence-corrected chi connectivity index (χ3v) is 5.62. The lowest BCUT2D eigenvalue weighted by atomic mass is 9.93. The lowest BCUT2D eigenvalue weighted by molar-refractivity contribution is 0.415. The second-order valence-corrected chi connectivity index (χ2v) is 7.06. The second kappa shape index (κ2) is 6.17. The van der Waals surface area contributed by atoms with Crippen LogP contribution >= 0.6 is 0 Å². The highest BCUT2D eigenvalue weighted by molar-refractivity contribution is 5.98. The average Bonchev–Trinajstić information content (AvgIpc) is 2.88. The number of fused-ring (bicyclic) bond motifs is 4. The zero-order valence-electron chi connectivity index (χ0n) is 15.6. The zero-order chi connectivity index (χ0) is 18.4. The van der Waals surface area contributed by atoms with Crippen molar-refractivity contribution in [2.45, 2.75) is 6.42 Å². The molecule has 27 heavy (non-hydrogen) atoms. The smallest absolute Gasteiger partial charge is 0.118 e. The third-order valence-electron chi connectivity index (χ3n) is 5.62. The van der Waals surface area contributed by atoms with Gasteiger partial charge in [0.1, 0.15) is 5.75 Å². The molecule has 0 unspecified atom stereocenters. The summed E-state index contributed by atoms with van der Waals surface area (Å²) in [7, 11) is 3.87. The van der Waals surface area contributed by atoms with Crippen LogP contribution in [0.5, 0.6) is 5.75 Å². The Labute approximate surface area is 159 Å². The maximum Gasteiger partial charge on any atom is 0.118 e. The highest BCUT2D eigenvalue weighted by atomic mass is 16.5. The van der Waals surface area contributed by atoms with Crippen molar-refractivity contribution in [3.8, 4) is 5.75 Å². The standard InChI is InChI=1S/C25H21NO/c1-26-24-10-6-5-9-21(24)23-15-18-7-3-4-8-20(18)22(16-25(23)26)17-11-13-19(27-2)14-12-17/h3-14,16H,15H2,1-2H3. The van der Waals surface area contributed by atoms with E-state index in [-0.39, 0.29) is 0 Å². The Morgan fingerprint density at radius 3 is 2.41 bits per heavy atom. The maximum atomic E-state index is 5.34. The molecule has 0 N–H and O–H groups in total. The fourth-order valence-corrected chi connectivity index (χ4v) is 4.21. The summed E-state index contributed by atoms with van der Waals surface area (Å²) in [5, 5.41) is 1.34. The summed E-state index contributed by atoms with van der Waals surface area (Å²) in [5.41, 5.74) is 9.13. The van der Waals surface area contributed by atoms with Gasteiger partial charge in [0.25, 0.3) is 0 Å². The minimum absolute atomic E-state index is 0.881. The Kier molecular flexibility index (Phi) is 3.64. The predicted octanol–water partition coefficient (Wildman–Crippen LogP) is 5.68. The molecular formula is C25H21NO. The van der Waals surface area contributed by atoms with Crippen LogP contribution in [-0.4, -0.2) is 11.7 Å². The van der Waals surface area contributed by atoms with Crippen LogP contribution in [0.3, 0.4) is 0 Å². The van der Waals surface area contributed by atoms with Crippen molar-refractivity contribution in [3.05, 3.63) is 101 Å². The molecule has 1 heterocycles. The normalized spacial score (nSPS) is 12.9. The molecule has 0 saturated carbocycles. The molecule has 0 radical (unpaired) electrons. The highest BCUT2D eigenvalue weighted by Crippen LogP contribution is 2.38. The SMILES string of the molecule is COc1ccc(C2=Cc3c(c4ccccc4n3C)Cc3ccccc32)cc1. The van der Waals surface area contributed by atoms with Crippen LogP contribution in [0.15, 0.2) is 72.8 Å². The van der Waals surface area contributed by atoms with E-state index < -0.39 is 0 Å². The van der Waals surface area contributed by atoms with Crippen LogP contribution in [0, 0.1) is 0 Å². The van der Waals surface area contributed by atoms with Crippen molar-refractivity contribution < 1.29 is 4.74 Å². The molecule has 132 valence electrons. The monoisotopic (exact) mass is 351 g/mol. The first-order valence-corrected chi connectivity index (χ1v) is 9.27. The zero-order valence-corrected chi connectivity index (χ0v) is 15.6. The molecule has 1 aliphatic rings. The largest absolute Gasteiger partial charge is 0.497 e. The van der Waals surface area contributed by atoms with Gasteiger partial charge >= 0.3 is 0 Å². The molecule has 1 aliphatic carbocycles. The molecule has 0 aliphatic heterocycles. The lowest BCUT2D eigenvalue weighted by Gasteiger charge is -2.12. The van der Waals surface area contributed by atoms with Crippen molar-refractivity contribution in [3.63, 3.8) is 0 Å². The lowest BCUT2D eigenvalue weighted by Crippen LogP contribution is -1.94. The first-order chi connectivity index (χ1) is 13.3. The molecule has 3 aromatic carbocycles. The Hall–Kier alpha value is -3.26. The number of hydrogen-bond acceptors (Lipinski definition) is 1. The Morgan fingerprint density at radius 1 is 0.852 bits per heavy atom. The Bertz CT molecular complexity index is 1180. The van der Waals surface area contributed by atoms with Crippen LogP contribution in [-0.2, 0) is 13.5 Å². The fourth-order valence-electron chi connectivity index (χ4n) is 4.21. The number of ether oxygens (including phenoxy) is 1. The van der Waals surface area contributed by atoms with E-state index in [1.54, 1.807) is 7.11 Å². The Balaban J connectivity index is 1.81. The number of benzene rings is 3. The summed E-state index contributed by atoms with van der Waals surface area (Å²) < 4.78 is 7.66. The fraction of sp³-hybridized carbons (Fsp3) is 0.120. The van der Waals surface area contributed by atoms with Gasteiger partial charge in [0, 0.05) is 30.1 Å². The number of aryl methyl sites for hydroxylation is 1. The van der Waals surface area contributed by atoms with E-state index in [1.165, 1.54) is 44.4 Å². The summed E-state index contributed by atoms with van der Waals surface area (Å²) in [5.74, 6) is 0.881. The number of rotatable bonds is 2. The molecule has 0 atom stereocenters. The maximum absolute atomic E-state index is 5.34. The number of aromatic nitrogens is 1. The molecule has 0 saturated heterocycles. The van der Waals surface area contributed by atoms with E-state index in [0.717, 1.165) is 12.2 Å². The summed E-state index contributed by atoms with van der Waals surface area (Å²) in [6.45, 7) is 0. The quantitative estimate of drug-likeness (QED) is 0.399. The minimum Gasteiger partial charge on any atom is -0.497 e. The van der Waals surface area contributed by atoms with Crippen molar-refractivity contribution in [2.24, 2.45) is 7.05 Å². The molecule has 0 spiro atoms. The van der Waals surface area contributed by atoms with Gasteiger partial charge in [-0.2, -0.15) is 0 Å². The van der Waals surface area contributed by atoms with Gasteiger partial charge < -0.3 is 9.30 Å². The van der Waals surface area contributed by atoms with Crippen molar-refractivity contribution in [2.75, 3.05) is 7.11 Å². The van der Waals surface area contributed by atoms with Gasteiger partial charge in [-0.15, -0.1) is 0 Å².